The van der Waals surface area contributed by atoms with Gasteiger partial charge < -0.3 is 20.3 Å². The minimum absolute atomic E-state index is 0.00833. The first-order chi connectivity index (χ1) is 7.84. The molecule has 0 aliphatic rings. The van der Waals surface area contributed by atoms with Crippen molar-refractivity contribution >= 4 is 17.8 Å². The van der Waals surface area contributed by atoms with E-state index in [1.807, 2.05) is 0 Å². The number of carbonyl (C=O) groups is 2. The van der Waals surface area contributed by atoms with E-state index in [0.717, 1.165) is 12.1 Å². The molecule has 0 aliphatic carbocycles. The third-order valence-corrected chi connectivity index (χ3v) is 2.10. The molecule has 0 aliphatic heterocycles. The molecule has 90 valence electrons. The topological polar surface area (TPSA) is 131 Å². The quantitative estimate of drug-likeness (QED) is 0.446. The lowest BCUT2D eigenvalue weighted by Crippen LogP contribution is -2.22. The Kier molecular flexibility index (Phi) is 3.37. The van der Waals surface area contributed by atoms with Crippen LogP contribution in [0.3, 0.4) is 0 Å². The van der Waals surface area contributed by atoms with E-state index in [2.05, 4.69) is 4.98 Å². The van der Waals surface area contributed by atoms with Crippen LogP contribution in [-0.2, 0) is 9.59 Å². The van der Waals surface area contributed by atoms with Crippen molar-refractivity contribution in [3.63, 3.8) is 0 Å². The number of hydrogen-bond acceptors (Lipinski definition) is 5. The van der Waals surface area contributed by atoms with Gasteiger partial charge in [-0.05, 0) is 16.0 Å². The Balaban J connectivity index is 3.27. The van der Waals surface area contributed by atoms with Gasteiger partial charge in [0.15, 0.2) is 11.6 Å². The Hall–Kier alpha value is -2.51. The summed E-state index contributed by atoms with van der Waals surface area (Å²) in [6.07, 6.45) is 0. The van der Waals surface area contributed by atoms with E-state index in [9.17, 15) is 19.7 Å². The third-order valence-electron chi connectivity index (χ3n) is 2.10. The summed E-state index contributed by atoms with van der Waals surface area (Å²) in [4.78, 5) is 34.7. The molecule has 17 heavy (non-hydrogen) atoms. The molecule has 1 aromatic rings. The standard InChI is InChI=1S/C9H8N2O6/c1-4-5(7(8(12)13)9(14)15)2-3-6(10-4)11(16)17/h2-3,7H,1H3,(H,12,13)(H,14,15). The maximum Gasteiger partial charge on any atom is 0.363 e. The van der Waals surface area contributed by atoms with Crippen molar-refractivity contribution in [1.29, 1.82) is 0 Å². The number of rotatable bonds is 4. The first-order valence-electron chi connectivity index (χ1n) is 4.42. The van der Waals surface area contributed by atoms with Gasteiger partial charge >= 0.3 is 17.8 Å². The summed E-state index contributed by atoms with van der Waals surface area (Å²) in [5, 5.41) is 27.9. The van der Waals surface area contributed by atoms with Crippen molar-refractivity contribution in [3.8, 4) is 0 Å². The highest BCUT2D eigenvalue weighted by atomic mass is 16.6. The number of hydrogen-bond donors (Lipinski definition) is 2. The molecule has 2 N–H and O–H groups in total. The third kappa shape index (κ3) is 2.54. The zero-order valence-electron chi connectivity index (χ0n) is 8.65. The molecule has 8 heteroatoms. The predicted octanol–water partition coefficient (Wildman–Crippen LogP) is 0.551. The lowest BCUT2D eigenvalue weighted by Gasteiger charge is -2.07. The number of aromatic nitrogens is 1. The van der Waals surface area contributed by atoms with E-state index in [-0.39, 0.29) is 11.3 Å². The SMILES string of the molecule is Cc1nc([N+](=O)[O-])ccc1C(C(=O)O)C(=O)O. The van der Waals surface area contributed by atoms with E-state index in [0.29, 0.717) is 0 Å². The van der Waals surface area contributed by atoms with Crippen LogP contribution in [0.2, 0.25) is 0 Å². The Bertz CT molecular complexity index is 484. The predicted molar refractivity (Wildman–Crippen MR) is 53.6 cm³/mol. The highest BCUT2D eigenvalue weighted by Crippen LogP contribution is 2.21. The molecule has 0 radical (unpaired) electrons. The molecule has 0 bridgehead atoms. The molecule has 0 unspecified atom stereocenters. The minimum atomic E-state index is -1.77. The fraction of sp³-hybridized carbons (Fsp3) is 0.222. The lowest BCUT2D eigenvalue weighted by atomic mass is 9.98. The molecule has 1 aromatic heterocycles. The van der Waals surface area contributed by atoms with Gasteiger partial charge in [0.2, 0.25) is 0 Å². The summed E-state index contributed by atoms with van der Waals surface area (Å²) in [6, 6.07) is 2.06. The molecular formula is C9H8N2O6. The van der Waals surface area contributed by atoms with Gasteiger partial charge in [0.25, 0.3) is 0 Å². The first-order valence-corrected chi connectivity index (χ1v) is 4.42. The molecule has 0 aromatic carbocycles. The largest absolute Gasteiger partial charge is 0.480 e. The van der Waals surface area contributed by atoms with Crippen LogP contribution >= 0.6 is 0 Å². The van der Waals surface area contributed by atoms with Crippen LogP contribution in [0, 0.1) is 17.0 Å². The molecule has 0 spiro atoms. The van der Waals surface area contributed by atoms with Crippen LogP contribution in [0.1, 0.15) is 17.2 Å². The normalized spacial score (nSPS) is 10.2. The first kappa shape index (κ1) is 12.6. The Morgan fingerprint density at radius 3 is 2.24 bits per heavy atom. The van der Waals surface area contributed by atoms with Crippen molar-refractivity contribution < 1.29 is 24.7 Å². The molecule has 0 fully saturated rings. The van der Waals surface area contributed by atoms with Crippen molar-refractivity contribution in [2.75, 3.05) is 0 Å². The summed E-state index contributed by atoms with van der Waals surface area (Å²) in [7, 11) is 0. The summed E-state index contributed by atoms with van der Waals surface area (Å²) >= 11 is 0. The van der Waals surface area contributed by atoms with Crippen molar-refractivity contribution in [2.24, 2.45) is 0 Å². The van der Waals surface area contributed by atoms with Crippen LogP contribution in [0.4, 0.5) is 5.82 Å². The molecule has 1 rings (SSSR count). The average molecular weight is 240 g/mol. The number of pyridine rings is 1. The number of aliphatic carboxylic acids is 2. The second-order valence-corrected chi connectivity index (χ2v) is 3.21. The van der Waals surface area contributed by atoms with E-state index in [4.69, 9.17) is 10.2 Å². The maximum atomic E-state index is 10.8. The van der Waals surface area contributed by atoms with Crippen LogP contribution in [0.15, 0.2) is 12.1 Å². The van der Waals surface area contributed by atoms with Crippen LogP contribution < -0.4 is 0 Å². The fourth-order valence-electron chi connectivity index (χ4n) is 1.34. The molecule has 0 amide bonds. The number of nitrogens with zero attached hydrogens (tertiary/aromatic N) is 2. The number of nitro groups is 1. The summed E-state index contributed by atoms with van der Waals surface area (Å²) < 4.78 is 0. The van der Waals surface area contributed by atoms with E-state index in [1.54, 1.807) is 0 Å². The van der Waals surface area contributed by atoms with Crippen molar-refractivity contribution in [1.82, 2.24) is 4.98 Å². The zero-order chi connectivity index (χ0) is 13.2. The van der Waals surface area contributed by atoms with Gasteiger partial charge in [-0.25, -0.2) is 0 Å². The lowest BCUT2D eigenvalue weighted by molar-refractivity contribution is -0.389. The van der Waals surface area contributed by atoms with Gasteiger partial charge in [-0.15, -0.1) is 0 Å². The van der Waals surface area contributed by atoms with Gasteiger partial charge in [-0.3, -0.25) is 9.59 Å². The molecule has 8 nitrogen and oxygen atoms in total. The van der Waals surface area contributed by atoms with Gasteiger partial charge in [-0.2, -0.15) is 0 Å². The highest BCUT2D eigenvalue weighted by Gasteiger charge is 2.31. The van der Waals surface area contributed by atoms with Crippen LogP contribution in [-0.4, -0.2) is 32.1 Å². The number of aryl methyl sites for hydroxylation is 1. The summed E-state index contributed by atoms with van der Waals surface area (Å²) in [5.74, 6) is -5.32. The average Bonchev–Trinajstić information content (AvgIpc) is 2.19. The Labute approximate surface area is 94.7 Å². The zero-order valence-corrected chi connectivity index (χ0v) is 8.65. The Morgan fingerprint density at radius 1 is 1.35 bits per heavy atom. The molecule has 0 atom stereocenters. The van der Waals surface area contributed by atoms with Gasteiger partial charge in [0, 0.05) is 18.6 Å². The van der Waals surface area contributed by atoms with E-state index >= 15 is 0 Å². The number of carboxylic acid groups (broad SMARTS) is 2. The summed E-state index contributed by atoms with van der Waals surface area (Å²) in [5.41, 5.74) is -0.0652. The molecule has 0 saturated carbocycles. The maximum absolute atomic E-state index is 10.8. The van der Waals surface area contributed by atoms with Crippen LogP contribution in [0.25, 0.3) is 0 Å². The molecule has 0 saturated heterocycles. The van der Waals surface area contributed by atoms with Crippen LogP contribution in [0.5, 0.6) is 0 Å². The van der Waals surface area contributed by atoms with E-state index < -0.39 is 28.6 Å². The van der Waals surface area contributed by atoms with E-state index in [1.165, 1.54) is 6.92 Å². The van der Waals surface area contributed by atoms with Gasteiger partial charge in [0.1, 0.15) is 0 Å². The van der Waals surface area contributed by atoms with Gasteiger partial charge in [-0.1, -0.05) is 0 Å². The summed E-state index contributed by atoms with van der Waals surface area (Å²) in [6.45, 7) is 1.32. The Morgan fingerprint density at radius 2 is 1.88 bits per heavy atom. The number of carboxylic acids is 2. The van der Waals surface area contributed by atoms with Crippen molar-refractivity contribution in [3.05, 3.63) is 33.5 Å². The second-order valence-electron chi connectivity index (χ2n) is 3.21. The smallest absolute Gasteiger partial charge is 0.363 e. The molecule has 1 heterocycles. The fourth-order valence-corrected chi connectivity index (χ4v) is 1.34. The monoisotopic (exact) mass is 240 g/mol. The molecular weight excluding hydrogens is 232 g/mol. The van der Waals surface area contributed by atoms with Crippen molar-refractivity contribution in [2.45, 2.75) is 12.8 Å². The minimum Gasteiger partial charge on any atom is -0.480 e. The van der Waals surface area contributed by atoms with Gasteiger partial charge in [0.05, 0.1) is 0 Å². The highest BCUT2D eigenvalue weighted by molar-refractivity contribution is 5.99. The second kappa shape index (κ2) is 4.56.